The van der Waals surface area contributed by atoms with Gasteiger partial charge in [0.1, 0.15) is 18.7 Å². The zero-order chi connectivity index (χ0) is 51.1. The third kappa shape index (κ3) is 14.1. The number of benzene rings is 4. The first-order chi connectivity index (χ1) is 34.7. The highest BCUT2D eigenvalue weighted by atomic mass is 35.5. The Kier molecular flexibility index (Phi) is 19.4. The van der Waals surface area contributed by atoms with E-state index in [0.29, 0.717) is 36.4 Å². The molecule has 3 N–H and O–H groups in total. The van der Waals surface area contributed by atoms with Gasteiger partial charge in [0.15, 0.2) is 5.71 Å². The van der Waals surface area contributed by atoms with Crippen LogP contribution in [-0.2, 0) is 20.4 Å². The van der Waals surface area contributed by atoms with Crippen molar-refractivity contribution in [1.29, 1.82) is 0 Å². The maximum absolute atomic E-state index is 14.1. The van der Waals surface area contributed by atoms with Crippen LogP contribution in [0.3, 0.4) is 0 Å². The first-order valence-corrected chi connectivity index (χ1v) is 26.6. The molecule has 0 atom stereocenters. The second kappa shape index (κ2) is 25.9. The maximum atomic E-state index is 14.1. The summed E-state index contributed by atoms with van der Waals surface area (Å²) in [6.07, 6.45) is 21.4. The standard InChI is InChI=1S/C60H75ClF2N6O3/c1-59(2)48-21-13-15-23-53(48)67(5)55(59)25-10-8-11-26-56-60(3,4)49-22-14-16-24-54(49)69(56)38-19-9-12-27-57(70)65-36-20-35-64-34-17-6-7-18-37-68-39-32-44(33-40-68)43-72-58(71)66-52-31-29-46(62)42-47(52)45-28-30-51(63)50(61)41-45/h8,10-11,13-16,21-26,28-31,41-42,44,64H,6-7,9,12,17-20,27,32-40,43H2,1-5H3,(H-,65,66,70,71)/p+1. The van der Waals surface area contributed by atoms with Gasteiger partial charge in [-0.2, -0.15) is 4.58 Å². The lowest BCUT2D eigenvalue weighted by Gasteiger charge is -2.31. The number of carbonyl (C=O) groups is 2. The quantitative estimate of drug-likeness (QED) is 0.0368. The molecule has 3 aliphatic rings. The van der Waals surface area contributed by atoms with Crippen molar-refractivity contribution in [3.8, 4) is 11.1 Å². The SMILES string of the molecule is C[N+]1=C(/C=C/C=C/C=C2\N(CCCCCC(=O)NCCCNCCCCCCN3CCC(COC(=O)Nc4ccc(F)cc4-c4ccc(F)c(Cl)c4)CC3)c3ccccc3C2(C)C)C(C)(C)c2ccccc21. The molecule has 12 heteroatoms. The molecule has 4 aromatic rings. The van der Waals surface area contributed by atoms with Crippen molar-refractivity contribution in [1.82, 2.24) is 15.5 Å². The fourth-order valence-corrected chi connectivity index (χ4v) is 10.8. The Bertz CT molecular complexity index is 2610. The van der Waals surface area contributed by atoms with Crippen LogP contribution in [-0.4, -0.2) is 86.7 Å². The number of unbranched alkanes of at least 4 members (excludes halogenated alkanes) is 5. The molecule has 3 heterocycles. The lowest BCUT2D eigenvalue weighted by Crippen LogP contribution is -2.36. The van der Waals surface area contributed by atoms with Crippen LogP contribution in [0.1, 0.15) is 109 Å². The summed E-state index contributed by atoms with van der Waals surface area (Å²) in [7, 11) is 2.16. The van der Waals surface area contributed by atoms with Crippen LogP contribution in [0.25, 0.3) is 11.1 Å². The molecule has 1 fully saturated rings. The summed E-state index contributed by atoms with van der Waals surface area (Å²) in [5, 5.41) is 9.30. The monoisotopic (exact) mass is 1000 g/mol. The predicted octanol–water partition coefficient (Wildman–Crippen LogP) is 13.3. The van der Waals surface area contributed by atoms with Gasteiger partial charge in [-0.25, -0.2) is 13.6 Å². The molecule has 3 aliphatic heterocycles. The van der Waals surface area contributed by atoms with Crippen molar-refractivity contribution >= 4 is 46.4 Å². The van der Waals surface area contributed by atoms with Crippen LogP contribution in [0.4, 0.5) is 30.6 Å². The van der Waals surface area contributed by atoms with E-state index < -0.39 is 17.7 Å². The van der Waals surface area contributed by atoms with Crippen LogP contribution in [0.2, 0.25) is 5.02 Å². The number of ether oxygens (including phenoxy) is 1. The third-order valence-electron chi connectivity index (χ3n) is 14.8. The Morgan fingerprint density at radius 3 is 2.29 bits per heavy atom. The summed E-state index contributed by atoms with van der Waals surface area (Å²) in [5.41, 5.74) is 8.94. The predicted molar refractivity (Wildman–Crippen MR) is 292 cm³/mol. The van der Waals surface area contributed by atoms with Crippen molar-refractivity contribution in [3.05, 3.63) is 149 Å². The number of para-hydroxylation sites is 2. The number of piperidine rings is 1. The summed E-state index contributed by atoms with van der Waals surface area (Å²) in [6, 6.07) is 25.5. The Balaban J connectivity index is 0.696. The van der Waals surface area contributed by atoms with Gasteiger partial charge in [-0.05, 0) is 151 Å². The first-order valence-electron chi connectivity index (χ1n) is 26.3. The number of fused-ring (bicyclic) bond motifs is 2. The Morgan fingerprint density at radius 1 is 0.778 bits per heavy atom. The van der Waals surface area contributed by atoms with E-state index in [0.717, 1.165) is 84.2 Å². The molecule has 7 rings (SSSR count). The molecule has 0 bridgehead atoms. The molecule has 0 aromatic heterocycles. The van der Waals surface area contributed by atoms with Crippen LogP contribution in [0, 0.1) is 17.6 Å². The first kappa shape index (κ1) is 54.2. The molecule has 9 nitrogen and oxygen atoms in total. The molecule has 0 spiro atoms. The fourth-order valence-electron chi connectivity index (χ4n) is 10.6. The zero-order valence-corrected chi connectivity index (χ0v) is 43.9. The molecule has 0 unspecified atom stereocenters. The normalized spacial score (nSPS) is 17.1. The van der Waals surface area contributed by atoms with E-state index in [1.54, 1.807) is 0 Å². The van der Waals surface area contributed by atoms with Crippen molar-refractivity contribution in [2.75, 3.05) is 69.7 Å². The number of anilines is 2. The number of hydrogen-bond donors (Lipinski definition) is 3. The van der Waals surface area contributed by atoms with Gasteiger partial charge in [0, 0.05) is 59.6 Å². The second-order valence-corrected chi connectivity index (χ2v) is 21.1. The van der Waals surface area contributed by atoms with Gasteiger partial charge in [-0.15, -0.1) is 0 Å². The highest BCUT2D eigenvalue weighted by molar-refractivity contribution is 6.31. The van der Waals surface area contributed by atoms with Crippen LogP contribution < -0.4 is 20.9 Å². The molecule has 0 aliphatic carbocycles. The van der Waals surface area contributed by atoms with Gasteiger partial charge in [0.25, 0.3) is 0 Å². The van der Waals surface area contributed by atoms with E-state index in [1.807, 2.05) is 0 Å². The topological polar surface area (TPSA) is 89.0 Å². The number of rotatable bonds is 24. The van der Waals surface area contributed by atoms with Crippen molar-refractivity contribution in [2.45, 2.75) is 109 Å². The Hall–Kier alpha value is -5.62. The van der Waals surface area contributed by atoms with E-state index in [2.05, 4.69) is 144 Å². The number of amides is 2. The van der Waals surface area contributed by atoms with E-state index in [9.17, 15) is 18.4 Å². The summed E-state index contributed by atoms with van der Waals surface area (Å²) >= 11 is 5.95. The average molecular weight is 1000 g/mol. The number of likely N-dealkylation sites (tertiary alicyclic amines) is 1. The largest absolute Gasteiger partial charge is 0.449 e. The van der Waals surface area contributed by atoms with Crippen molar-refractivity contribution in [3.63, 3.8) is 0 Å². The molecule has 4 aromatic carbocycles. The molecular formula is C60H76ClF2N6O3+. The number of nitrogens with zero attached hydrogens (tertiary/aromatic N) is 3. The zero-order valence-electron chi connectivity index (χ0n) is 43.2. The number of allylic oxidation sites excluding steroid dienone is 6. The molecule has 384 valence electrons. The van der Waals surface area contributed by atoms with Crippen molar-refractivity contribution in [2.24, 2.45) is 5.92 Å². The summed E-state index contributed by atoms with van der Waals surface area (Å²) in [5.74, 6) is -0.628. The Labute approximate surface area is 432 Å². The Morgan fingerprint density at radius 2 is 1.50 bits per heavy atom. The number of halogens is 3. The van der Waals surface area contributed by atoms with E-state index in [-0.39, 0.29) is 27.7 Å². The highest BCUT2D eigenvalue weighted by Gasteiger charge is 2.42. The van der Waals surface area contributed by atoms with E-state index in [4.69, 9.17) is 16.3 Å². The van der Waals surface area contributed by atoms with Crippen LogP contribution in [0.15, 0.2) is 121 Å². The van der Waals surface area contributed by atoms with Crippen molar-refractivity contribution < 1.29 is 27.7 Å². The highest BCUT2D eigenvalue weighted by Crippen LogP contribution is 2.48. The van der Waals surface area contributed by atoms with Gasteiger partial charge in [-0.1, -0.05) is 105 Å². The lowest BCUT2D eigenvalue weighted by atomic mass is 9.81. The number of carbonyl (C=O) groups excluding carboxylic acids is 2. The average Bonchev–Trinajstić information content (AvgIpc) is 3.70. The lowest BCUT2D eigenvalue weighted by molar-refractivity contribution is -0.401. The molecule has 0 saturated carbocycles. The maximum Gasteiger partial charge on any atom is 0.411 e. The summed E-state index contributed by atoms with van der Waals surface area (Å²) < 4.78 is 35.7. The fraction of sp³-hybridized carbons (Fsp3) is 0.450. The molecule has 0 radical (unpaired) electrons. The minimum Gasteiger partial charge on any atom is -0.449 e. The molecular weight excluding hydrogens is 926 g/mol. The van der Waals surface area contributed by atoms with Gasteiger partial charge >= 0.3 is 6.09 Å². The van der Waals surface area contributed by atoms with Gasteiger partial charge in [-0.3, -0.25) is 10.1 Å². The van der Waals surface area contributed by atoms with Gasteiger partial charge in [0.2, 0.25) is 11.6 Å². The second-order valence-electron chi connectivity index (χ2n) is 20.7. The van der Waals surface area contributed by atoms with Crippen LogP contribution >= 0.6 is 11.6 Å². The minimum absolute atomic E-state index is 0.0481. The summed E-state index contributed by atoms with van der Waals surface area (Å²) in [4.78, 5) is 30.3. The van der Waals surface area contributed by atoms with Gasteiger partial charge in [0.05, 0.1) is 22.7 Å². The van der Waals surface area contributed by atoms with E-state index in [1.165, 1.54) is 89.6 Å². The molecule has 72 heavy (non-hydrogen) atoms. The third-order valence-corrected chi connectivity index (χ3v) is 15.1. The molecule has 1 saturated heterocycles. The van der Waals surface area contributed by atoms with E-state index >= 15 is 0 Å². The van der Waals surface area contributed by atoms with Gasteiger partial charge < -0.3 is 25.2 Å². The smallest absolute Gasteiger partial charge is 0.411 e. The summed E-state index contributed by atoms with van der Waals surface area (Å²) in [6.45, 7) is 16.1. The van der Waals surface area contributed by atoms with Crippen LogP contribution in [0.5, 0.6) is 0 Å². The molecule has 2 amide bonds. The number of nitrogens with one attached hydrogen (secondary N) is 3. The number of hydrogen-bond acceptors (Lipinski definition) is 6. The minimum atomic E-state index is -0.610.